The number of fused-ring (bicyclic) bond motifs is 1. The molecule has 0 amide bonds. The number of nitrogens with zero attached hydrogens (tertiary/aromatic N) is 4. The number of nitriles is 1. The molecule has 1 fully saturated rings. The molecular weight excluding hydrogens is 623 g/mol. The topological polar surface area (TPSA) is 169 Å². The van der Waals surface area contributed by atoms with Gasteiger partial charge in [-0.05, 0) is 38.3 Å². The van der Waals surface area contributed by atoms with Crippen molar-refractivity contribution in [2.45, 2.75) is 147 Å². The van der Waals surface area contributed by atoms with Crippen LogP contribution in [0.15, 0.2) is 18.5 Å². The predicted octanol–water partition coefficient (Wildman–Crippen LogP) is 6.68. The number of unbranched alkanes of at least 4 members (excludes halogenated alkanes) is 15. The second-order valence-corrected chi connectivity index (χ2v) is 14.1. The van der Waals surface area contributed by atoms with Gasteiger partial charge in [0.15, 0.2) is 0 Å². The van der Waals surface area contributed by atoms with Gasteiger partial charge in [0.2, 0.25) is 5.60 Å². The van der Waals surface area contributed by atoms with Gasteiger partial charge < -0.3 is 24.6 Å². The molecule has 1 saturated heterocycles. The van der Waals surface area contributed by atoms with E-state index in [2.05, 4.69) is 17.0 Å². The zero-order valence-corrected chi connectivity index (χ0v) is 29.3. The summed E-state index contributed by atoms with van der Waals surface area (Å²) in [6.07, 6.45) is 17.9. The summed E-state index contributed by atoms with van der Waals surface area (Å²) in [5, 5.41) is 35.6. The Balaban J connectivity index is 1.19. The van der Waals surface area contributed by atoms with E-state index in [0.29, 0.717) is 37.3 Å². The van der Waals surface area contributed by atoms with Crippen LogP contribution in [-0.4, -0.2) is 74.4 Å². The molecule has 2 aromatic rings. The standard InChI is InChI=1S/C34H57N4O8P/c1-3-4-5-6-7-8-9-10-11-12-13-14-15-16-17-22-43-23-18-19-24-44-47(41,42)45-25-30-32(39)33(40)34(26-35,46-30)31-21-20-29-28(2)36-27-37-38(29)31/h20-21,27,30,32-33,39-40H,3-19,22-25H2,1-2H3,(H,41,42)/t30-,32-,33-,34+/m1/s1. The van der Waals surface area contributed by atoms with Crippen molar-refractivity contribution in [2.24, 2.45) is 0 Å². The fraction of sp³-hybridized carbons (Fsp3) is 0.794. The van der Waals surface area contributed by atoms with Gasteiger partial charge >= 0.3 is 7.82 Å². The summed E-state index contributed by atoms with van der Waals surface area (Å²) < 4.78 is 35.4. The van der Waals surface area contributed by atoms with Crippen molar-refractivity contribution in [3.8, 4) is 6.07 Å². The third kappa shape index (κ3) is 12.5. The summed E-state index contributed by atoms with van der Waals surface area (Å²) in [5.41, 5.74) is -0.532. The quantitative estimate of drug-likeness (QED) is 0.0716. The lowest BCUT2D eigenvalue weighted by molar-refractivity contribution is -0.0643. The first-order chi connectivity index (χ1) is 22.8. The molecule has 0 aromatic carbocycles. The van der Waals surface area contributed by atoms with Crippen molar-refractivity contribution in [1.29, 1.82) is 5.26 Å². The second kappa shape index (κ2) is 21.2. The van der Waals surface area contributed by atoms with Crippen LogP contribution in [0.4, 0.5) is 0 Å². The zero-order valence-electron chi connectivity index (χ0n) is 28.4. The van der Waals surface area contributed by atoms with Gasteiger partial charge in [-0.15, -0.1) is 0 Å². The van der Waals surface area contributed by atoms with Crippen molar-refractivity contribution in [1.82, 2.24) is 14.6 Å². The number of hydrogen-bond donors (Lipinski definition) is 3. The molecule has 3 N–H and O–H groups in total. The lowest BCUT2D eigenvalue weighted by Gasteiger charge is -2.24. The number of rotatable bonds is 26. The first-order valence-electron chi connectivity index (χ1n) is 17.7. The Bertz CT molecular complexity index is 1260. The number of phosphoric acid groups is 1. The molecule has 0 bridgehead atoms. The SMILES string of the molecule is CCCCCCCCCCCCCCCCCOCCCCOP(=O)(O)OC[C@H]1O[C@@](C#N)(c2ccc3c(C)ncnn23)[C@H](O)[C@@H]1O. The van der Waals surface area contributed by atoms with E-state index in [0.717, 1.165) is 6.42 Å². The summed E-state index contributed by atoms with van der Waals surface area (Å²) in [6, 6.07) is 5.18. The van der Waals surface area contributed by atoms with E-state index < -0.39 is 38.3 Å². The van der Waals surface area contributed by atoms with Crippen LogP contribution in [0.1, 0.15) is 127 Å². The van der Waals surface area contributed by atoms with Crippen LogP contribution in [0.5, 0.6) is 0 Å². The number of hydrogen-bond acceptors (Lipinski definition) is 10. The highest BCUT2D eigenvalue weighted by molar-refractivity contribution is 7.47. The van der Waals surface area contributed by atoms with Gasteiger partial charge in [-0.2, -0.15) is 10.4 Å². The molecule has 0 saturated carbocycles. The molecule has 0 radical (unpaired) electrons. The Morgan fingerprint density at radius 2 is 1.45 bits per heavy atom. The monoisotopic (exact) mass is 680 g/mol. The van der Waals surface area contributed by atoms with Gasteiger partial charge in [0, 0.05) is 13.2 Å². The fourth-order valence-electron chi connectivity index (χ4n) is 6.02. The number of aromatic nitrogens is 3. The minimum atomic E-state index is -4.46. The first-order valence-corrected chi connectivity index (χ1v) is 19.2. The van der Waals surface area contributed by atoms with E-state index in [1.807, 2.05) is 6.07 Å². The lowest BCUT2D eigenvalue weighted by atomic mass is 9.92. The maximum atomic E-state index is 12.4. The van der Waals surface area contributed by atoms with Gasteiger partial charge in [0.1, 0.15) is 30.7 Å². The number of phosphoric ester groups is 1. The predicted molar refractivity (Wildman–Crippen MR) is 179 cm³/mol. The van der Waals surface area contributed by atoms with Gasteiger partial charge in [-0.3, -0.25) is 9.05 Å². The number of ether oxygens (including phenoxy) is 2. The molecule has 0 aliphatic carbocycles. The summed E-state index contributed by atoms with van der Waals surface area (Å²) in [7, 11) is -4.46. The van der Waals surface area contributed by atoms with Gasteiger partial charge in [-0.25, -0.2) is 14.1 Å². The first kappa shape index (κ1) is 39.5. The molecule has 1 aliphatic rings. The van der Waals surface area contributed by atoms with Gasteiger partial charge in [0.05, 0.1) is 30.1 Å². The lowest BCUT2D eigenvalue weighted by Crippen LogP contribution is -2.41. The molecule has 0 spiro atoms. The number of aryl methyl sites for hydroxylation is 1. The van der Waals surface area contributed by atoms with Crippen molar-refractivity contribution >= 4 is 13.3 Å². The minimum Gasteiger partial charge on any atom is -0.387 e. The van der Waals surface area contributed by atoms with E-state index in [1.165, 1.54) is 101 Å². The average Bonchev–Trinajstić information content (AvgIpc) is 3.61. The van der Waals surface area contributed by atoms with Gasteiger partial charge in [-0.1, -0.05) is 96.8 Å². The van der Waals surface area contributed by atoms with E-state index in [1.54, 1.807) is 19.1 Å². The van der Waals surface area contributed by atoms with Crippen LogP contribution in [0, 0.1) is 18.3 Å². The number of aliphatic hydroxyl groups excluding tert-OH is 2. The number of aliphatic hydroxyl groups is 2. The Morgan fingerprint density at radius 1 is 0.894 bits per heavy atom. The molecule has 47 heavy (non-hydrogen) atoms. The van der Waals surface area contributed by atoms with Crippen LogP contribution in [0.2, 0.25) is 0 Å². The minimum absolute atomic E-state index is 0.00979. The van der Waals surface area contributed by atoms with Gasteiger partial charge in [0.25, 0.3) is 0 Å². The Labute approximate surface area is 280 Å². The molecule has 12 nitrogen and oxygen atoms in total. The van der Waals surface area contributed by atoms with Crippen molar-refractivity contribution in [3.63, 3.8) is 0 Å². The van der Waals surface area contributed by atoms with E-state index in [4.69, 9.17) is 18.5 Å². The molecule has 2 aromatic heterocycles. The van der Waals surface area contributed by atoms with E-state index in [-0.39, 0.29) is 12.3 Å². The Morgan fingerprint density at radius 3 is 2.04 bits per heavy atom. The largest absolute Gasteiger partial charge is 0.472 e. The third-order valence-electron chi connectivity index (χ3n) is 8.88. The molecule has 13 heteroatoms. The summed E-state index contributed by atoms with van der Waals surface area (Å²) >= 11 is 0. The highest BCUT2D eigenvalue weighted by Crippen LogP contribution is 2.46. The van der Waals surface area contributed by atoms with Crippen molar-refractivity contribution in [3.05, 3.63) is 29.8 Å². The van der Waals surface area contributed by atoms with Crippen molar-refractivity contribution < 1.29 is 38.2 Å². The van der Waals surface area contributed by atoms with E-state index in [9.17, 15) is 24.9 Å². The highest BCUT2D eigenvalue weighted by Gasteiger charge is 2.57. The van der Waals surface area contributed by atoms with Crippen LogP contribution in [0.25, 0.3) is 5.52 Å². The van der Waals surface area contributed by atoms with Crippen LogP contribution < -0.4 is 0 Å². The maximum absolute atomic E-state index is 12.4. The smallest absolute Gasteiger partial charge is 0.387 e. The molecule has 5 atom stereocenters. The normalized spacial score (nSPS) is 22.5. The third-order valence-corrected chi connectivity index (χ3v) is 9.87. The van der Waals surface area contributed by atoms with Crippen LogP contribution >= 0.6 is 7.82 Å². The van der Waals surface area contributed by atoms with E-state index >= 15 is 0 Å². The van der Waals surface area contributed by atoms with Crippen LogP contribution in [-0.2, 0) is 28.7 Å². The Kier molecular flexibility index (Phi) is 17.8. The maximum Gasteiger partial charge on any atom is 0.472 e. The molecule has 3 rings (SSSR count). The molecule has 1 aliphatic heterocycles. The molecule has 266 valence electrons. The average molecular weight is 681 g/mol. The fourth-order valence-corrected chi connectivity index (χ4v) is 6.79. The second-order valence-electron chi connectivity index (χ2n) is 12.7. The molecule has 3 heterocycles. The van der Waals surface area contributed by atoms with Crippen LogP contribution in [0.3, 0.4) is 0 Å². The molecular formula is C34H57N4O8P. The summed E-state index contributed by atoms with van der Waals surface area (Å²) in [6.45, 7) is 4.71. The summed E-state index contributed by atoms with van der Waals surface area (Å²) in [4.78, 5) is 14.2. The van der Waals surface area contributed by atoms with Crippen molar-refractivity contribution in [2.75, 3.05) is 26.4 Å². The highest BCUT2D eigenvalue weighted by atomic mass is 31.2. The Hall–Kier alpha value is -1.94. The summed E-state index contributed by atoms with van der Waals surface area (Å²) in [5.74, 6) is 0. The molecule has 1 unspecified atom stereocenters. The zero-order chi connectivity index (χ0) is 34.0.